The Morgan fingerprint density at radius 2 is 1.88 bits per heavy atom. The summed E-state index contributed by atoms with van der Waals surface area (Å²) in [5, 5.41) is 6.22. The van der Waals surface area contributed by atoms with Crippen molar-refractivity contribution in [3.05, 3.63) is 36.0 Å². The van der Waals surface area contributed by atoms with E-state index in [1.54, 1.807) is 45.0 Å². The van der Waals surface area contributed by atoms with Crippen molar-refractivity contribution in [3.8, 4) is 0 Å². The molecule has 0 aliphatic rings. The van der Waals surface area contributed by atoms with Crippen LogP contribution in [0, 0.1) is 0 Å². The van der Waals surface area contributed by atoms with Crippen molar-refractivity contribution in [2.24, 2.45) is 0 Å². The SMILES string of the molecule is COC(=O)CN(C)C(=O)c1cnc(SC)nc1Nc1cccc(NC(=O)OC(C)(C)C)c1. The van der Waals surface area contributed by atoms with Gasteiger partial charge in [-0.05, 0) is 45.2 Å². The maximum atomic E-state index is 12.9. The maximum absolute atomic E-state index is 12.9. The highest BCUT2D eigenvalue weighted by atomic mass is 32.2. The smallest absolute Gasteiger partial charge is 0.412 e. The van der Waals surface area contributed by atoms with Gasteiger partial charge < -0.3 is 19.7 Å². The third kappa shape index (κ3) is 7.41. The average Bonchev–Trinajstić information content (AvgIpc) is 2.71. The second-order valence-corrected chi connectivity index (χ2v) is 8.46. The predicted octanol–water partition coefficient (Wildman–Crippen LogP) is 3.53. The Morgan fingerprint density at radius 1 is 1.19 bits per heavy atom. The van der Waals surface area contributed by atoms with E-state index >= 15 is 0 Å². The van der Waals surface area contributed by atoms with Gasteiger partial charge in [0, 0.05) is 24.6 Å². The summed E-state index contributed by atoms with van der Waals surface area (Å²) in [7, 11) is 2.74. The van der Waals surface area contributed by atoms with Crippen LogP contribution in [-0.2, 0) is 14.3 Å². The van der Waals surface area contributed by atoms with E-state index < -0.39 is 23.6 Å². The first-order chi connectivity index (χ1) is 15.0. The second kappa shape index (κ2) is 10.8. The number of likely N-dealkylation sites (N-methyl/N-ethyl adjacent to an activating group) is 1. The molecule has 0 saturated heterocycles. The summed E-state index contributed by atoms with van der Waals surface area (Å²) in [5.74, 6) is -0.730. The number of carbonyl (C=O) groups excluding carboxylic acids is 3. The highest BCUT2D eigenvalue weighted by Gasteiger charge is 2.21. The molecule has 10 nitrogen and oxygen atoms in total. The van der Waals surface area contributed by atoms with Crippen LogP contribution in [-0.4, -0.2) is 65.4 Å². The Balaban J connectivity index is 2.27. The number of nitrogens with one attached hydrogen (secondary N) is 2. The number of amides is 2. The van der Waals surface area contributed by atoms with Crippen LogP contribution in [0.4, 0.5) is 22.0 Å². The molecule has 1 aromatic heterocycles. The van der Waals surface area contributed by atoms with E-state index in [4.69, 9.17) is 4.74 Å². The molecule has 1 heterocycles. The van der Waals surface area contributed by atoms with Crippen molar-refractivity contribution < 1.29 is 23.9 Å². The first kappa shape index (κ1) is 24.9. The molecule has 0 radical (unpaired) electrons. The number of anilines is 3. The van der Waals surface area contributed by atoms with Gasteiger partial charge in [0.1, 0.15) is 23.5 Å². The number of hydrogen-bond acceptors (Lipinski definition) is 9. The largest absolute Gasteiger partial charge is 0.468 e. The maximum Gasteiger partial charge on any atom is 0.412 e. The van der Waals surface area contributed by atoms with Crippen LogP contribution < -0.4 is 10.6 Å². The van der Waals surface area contributed by atoms with Crippen LogP contribution in [0.2, 0.25) is 0 Å². The van der Waals surface area contributed by atoms with Crippen LogP contribution in [0.15, 0.2) is 35.6 Å². The molecule has 0 fully saturated rings. The zero-order chi connectivity index (χ0) is 23.9. The Hall–Kier alpha value is -3.34. The lowest BCUT2D eigenvalue weighted by atomic mass is 10.2. The number of ether oxygens (including phenoxy) is 2. The number of rotatable bonds is 7. The average molecular weight is 462 g/mol. The van der Waals surface area contributed by atoms with Crippen LogP contribution in [0.1, 0.15) is 31.1 Å². The molecule has 0 saturated carbocycles. The Labute approximate surface area is 191 Å². The molecule has 172 valence electrons. The quantitative estimate of drug-likeness (QED) is 0.362. The summed E-state index contributed by atoms with van der Waals surface area (Å²) in [6, 6.07) is 6.87. The Morgan fingerprint density at radius 3 is 2.50 bits per heavy atom. The Kier molecular flexibility index (Phi) is 8.41. The topological polar surface area (TPSA) is 123 Å². The summed E-state index contributed by atoms with van der Waals surface area (Å²) in [5.41, 5.74) is 0.633. The monoisotopic (exact) mass is 461 g/mol. The van der Waals surface area contributed by atoms with Crippen molar-refractivity contribution >= 4 is 46.9 Å². The fraction of sp³-hybridized carbons (Fsp3) is 0.381. The summed E-state index contributed by atoms with van der Waals surface area (Å²) >= 11 is 1.32. The van der Waals surface area contributed by atoms with E-state index in [1.807, 2.05) is 6.26 Å². The fourth-order valence-corrected chi connectivity index (χ4v) is 2.82. The molecule has 32 heavy (non-hydrogen) atoms. The van der Waals surface area contributed by atoms with Crippen LogP contribution >= 0.6 is 11.8 Å². The second-order valence-electron chi connectivity index (χ2n) is 7.69. The van der Waals surface area contributed by atoms with Crippen LogP contribution in [0.3, 0.4) is 0 Å². The fourth-order valence-electron chi connectivity index (χ4n) is 2.48. The molecular formula is C21H27N5O5S. The molecule has 0 aliphatic heterocycles. The predicted molar refractivity (Wildman–Crippen MR) is 122 cm³/mol. The molecule has 0 spiro atoms. The van der Waals surface area contributed by atoms with Gasteiger partial charge >= 0.3 is 12.1 Å². The van der Waals surface area contributed by atoms with Crippen LogP contribution in [0.25, 0.3) is 0 Å². The zero-order valence-electron chi connectivity index (χ0n) is 18.9. The van der Waals surface area contributed by atoms with E-state index in [0.717, 1.165) is 0 Å². The van der Waals surface area contributed by atoms with Crippen molar-refractivity contribution in [1.82, 2.24) is 14.9 Å². The summed E-state index contributed by atoms with van der Waals surface area (Å²) in [6.45, 7) is 5.12. The molecule has 2 aromatic rings. The van der Waals surface area contributed by atoms with Gasteiger partial charge in [-0.3, -0.25) is 14.9 Å². The van der Waals surface area contributed by atoms with Gasteiger partial charge in [0.25, 0.3) is 5.91 Å². The minimum Gasteiger partial charge on any atom is -0.468 e. The van der Waals surface area contributed by atoms with E-state index in [1.165, 1.54) is 37.0 Å². The third-order valence-electron chi connectivity index (χ3n) is 3.89. The highest BCUT2D eigenvalue weighted by Crippen LogP contribution is 2.24. The number of methoxy groups -OCH3 is 1. The first-order valence-electron chi connectivity index (χ1n) is 9.63. The van der Waals surface area contributed by atoms with Gasteiger partial charge in [-0.2, -0.15) is 0 Å². The minimum atomic E-state index is -0.624. The molecular weight excluding hydrogens is 434 g/mol. The number of esters is 1. The molecule has 0 bridgehead atoms. The van der Waals surface area contributed by atoms with Crippen molar-refractivity contribution in [2.75, 3.05) is 37.6 Å². The molecule has 0 aliphatic carbocycles. The molecule has 2 N–H and O–H groups in total. The number of nitrogens with zero attached hydrogens (tertiary/aromatic N) is 3. The molecule has 2 amide bonds. The lowest BCUT2D eigenvalue weighted by Crippen LogP contribution is -2.33. The lowest BCUT2D eigenvalue weighted by Gasteiger charge is -2.20. The van der Waals surface area contributed by atoms with Gasteiger partial charge in [-0.1, -0.05) is 17.8 Å². The third-order valence-corrected chi connectivity index (χ3v) is 4.45. The van der Waals surface area contributed by atoms with E-state index in [-0.39, 0.29) is 17.9 Å². The normalized spacial score (nSPS) is 10.8. The van der Waals surface area contributed by atoms with E-state index in [9.17, 15) is 14.4 Å². The molecule has 1 aromatic carbocycles. The van der Waals surface area contributed by atoms with Crippen LogP contribution in [0.5, 0.6) is 0 Å². The Bertz CT molecular complexity index is 993. The summed E-state index contributed by atoms with van der Waals surface area (Å²) in [4.78, 5) is 46.2. The zero-order valence-corrected chi connectivity index (χ0v) is 19.7. The molecule has 11 heteroatoms. The molecule has 0 atom stereocenters. The van der Waals surface area contributed by atoms with Crippen molar-refractivity contribution in [2.45, 2.75) is 31.5 Å². The van der Waals surface area contributed by atoms with Gasteiger partial charge in [-0.15, -0.1) is 0 Å². The van der Waals surface area contributed by atoms with Crippen molar-refractivity contribution in [3.63, 3.8) is 0 Å². The number of carbonyl (C=O) groups is 3. The minimum absolute atomic E-state index is 0.180. The van der Waals surface area contributed by atoms with Gasteiger partial charge in [0.15, 0.2) is 5.16 Å². The van der Waals surface area contributed by atoms with Gasteiger partial charge in [0.2, 0.25) is 0 Å². The standard InChI is InChI=1S/C21H27N5O5S/c1-21(2,3)31-20(29)24-14-9-7-8-13(10-14)23-17-15(11-22-19(25-17)32-6)18(28)26(4)12-16(27)30-5/h7-11H,12H2,1-6H3,(H,24,29)(H,22,23,25). The summed E-state index contributed by atoms with van der Waals surface area (Å²) in [6.07, 6.45) is 2.64. The number of thioether (sulfide) groups is 1. The van der Waals surface area contributed by atoms with E-state index in [2.05, 4.69) is 25.3 Å². The van der Waals surface area contributed by atoms with Crippen molar-refractivity contribution in [1.29, 1.82) is 0 Å². The number of benzene rings is 1. The van der Waals surface area contributed by atoms with Gasteiger partial charge in [-0.25, -0.2) is 14.8 Å². The highest BCUT2D eigenvalue weighted by molar-refractivity contribution is 7.98. The number of hydrogen-bond donors (Lipinski definition) is 2. The first-order valence-corrected chi connectivity index (χ1v) is 10.8. The lowest BCUT2D eigenvalue weighted by molar-refractivity contribution is -0.141. The summed E-state index contributed by atoms with van der Waals surface area (Å²) < 4.78 is 9.88. The van der Waals surface area contributed by atoms with E-state index in [0.29, 0.717) is 16.5 Å². The molecule has 0 unspecified atom stereocenters. The number of aromatic nitrogens is 2. The van der Waals surface area contributed by atoms with Gasteiger partial charge in [0.05, 0.1) is 7.11 Å². The molecule has 2 rings (SSSR count).